The van der Waals surface area contributed by atoms with Gasteiger partial charge in [0, 0.05) is 59.5 Å². The van der Waals surface area contributed by atoms with Crippen LogP contribution < -0.4 is 18.9 Å². The second kappa shape index (κ2) is 11.1. The Balaban J connectivity index is 1.22. The van der Waals surface area contributed by atoms with Crippen molar-refractivity contribution in [3.63, 3.8) is 0 Å². The number of hydrogen-bond donors (Lipinski definition) is 2. The average molecular weight is 607 g/mol. The van der Waals surface area contributed by atoms with Gasteiger partial charge in [-0.3, -0.25) is 9.80 Å². The number of halogens is 2. The number of nitrogens with zero attached hydrogens (tertiary/aromatic N) is 2. The molecule has 3 heterocycles. The number of ether oxygens (including phenoxy) is 4. The molecule has 0 aliphatic carbocycles. The van der Waals surface area contributed by atoms with Gasteiger partial charge in [0.25, 0.3) is 0 Å². The van der Waals surface area contributed by atoms with Gasteiger partial charge in [-0.1, -0.05) is 47.5 Å². The van der Waals surface area contributed by atoms with Gasteiger partial charge < -0.3 is 29.2 Å². The number of benzene rings is 4. The molecule has 0 aromatic heterocycles. The molecule has 0 bridgehead atoms. The number of phenolic OH excluding ortho intramolecular Hbond substituents is 2. The van der Waals surface area contributed by atoms with Crippen LogP contribution in [0.3, 0.4) is 0 Å². The maximum absolute atomic E-state index is 11.1. The number of rotatable bonds is 6. The third-order valence-electron chi connectivity index (χ3n) is 8.08. The standard InChI is InChI=1S/C32H28Cl2N2O6/c33-21-5-1-19(2-6-21)31(23-13-27-29(15-25(23)37)41-17-39-27)35-9-11-36(12-10-35)32(20-3-7-22(34)8-4-20)24-14-28-30(16-26(24)38)42-18-40-28/h1-8,13-16,31-32,37-38H,9-12,17-18H2/t31-,32-/m1/s1. The van der Waals surface area contributed by atoms with Crippen molar-refractivity contribution in [3.8, 4) is 34.5 Å². The van der Waals surface area contributed by atoms with E-state index >= 15 is 0 Å². The van der Waals surface area contributed by atoms with Gasteiger partial charge in [-0.2, -0.15) is 0 Å². The van der Waals surface area contributed by atoms with Gasteiger partial charge in [-0.25, -0.2) is 0 Å². The lowest BCUT2D eigenvalue weighted by Crippen LogP contribution is -2.49. The van der Waals surface area contributed by atoms with E-state index in [1.54, 1.807) is 12.1 Å². The van der Waals surface area contributed by atoms with Gasteiger partial charge >= 0.3 is 0 Å². The minimum Gasteiger partial charge on any atom is -0.507 e. The Morgan fingerprint density at radius 2 is 0.857 bits per heavy atom. The van der Waals surface area contributed by atoms with Crippen molar-refractivity contribution in [2.24, 2.45) is 0 Å². The summed E-state index contributed by atoms with van der Waals surface area (Å²) in [5, 5.41) is 23.5. The fourth-order valence-electron chi connectivity index (χ4n) is 6.05. The largest absolute Gasteiger partial charge is 0.507 e. The van der Waals surface area contributed by atoms with Gasteiger partial charge in [-0.15, -0.1) is 0 Å². The fourth-order valence-corrected chi connectivity index (χ4v) is 6.30. The van der Waals surface area contributed by atoms with Crippen LogP contribution in [0.15, 0.2) is 72.8 Å². The highest BCUT2D eigenvalue weighted by molar-refractivity contribution is 6.30. The Hall–Kier alpha value is -3.82. The zero-order valence-electron chi connectivity index (χ0n) is 22.5. The first-order valence-electron chi connectivity index (χ1n) is 13.7. The van der Waals surface area contributed by atoms with Crippen molar-refractivity contribution >= 4 is 23.2 Å². The molecule has 0 spiro atoms. The molecule has 2 atom stereocenters. The Morgan fingerprint density at radius 1 is 0.524 bits per heavy atom. The highest BCUT2D eigenvalue weighted by atomic mass is 35.5. The van der Waals surface area contributed by atoms with Crippen molar-refractivity contribution in [3.05, 3.63) is 105 Å². The Morgan fingerprint density at radius 3 is 1.21 bits per heavy atom. The summed E-state index contributed by atoms with van der Waals surface area (Å²) in [6, 6.07) is 21.9. The highest BCUT2D eigenvalue weighted by Crippen LogP contribution is 2.46. The molecule has 8 nitrogen and oxygen atoms in total. The second-order valence-electron chi connectivity index (χ2n) is 10.5. The van der Waals surface area contributed by atoms with Crippen LogP contribution in [0.4, 0.5) is 0 Å². The van der Waals surface area contributed by atoms with Crippen LogP contribution in [-0.4, -0.2) is 59.8 Å². The highest BCUT2D eigenvalue weighted by Gasteiger charge is 2.34. The average Bonchev–Trinajstić information content (AvgIpc) is 3.65. The first kappa shape index (κ1) is 27.0. The molecular weight excluding hydrogens is 579 g/mol. The smallest absolute Gasteiger partial charge is 0.231 e. The normalized spacial score (nSPS) is 17.8. The Kier molecular flexibility index (Phi) is 7.15. The SMILES string of the molecule is Oc1cc2c(cc1[C@@H](c1ccc(Cl)cc1)N1CCN([C@H](c3ccc(Cl)cc3)c3cc4c(cc3O)OCO4)CC1)OCO2. The van der Waals surface area contributed by atoms with Crippen molar-refractivity contribution in [1.82, 2.24) is 9.80 Å². The first-order valence-corrected chi connectivity index (χ1v) is 14.4. The molecular formula is C32H28Cl2N2O6. The molecule has 0 amide bonds. The minimum absolute atomic E-state index is 0.126. The van der Waals surface area contributed by atoms with Crippen LogP contribution in [0, 0.1) is 0 Å². The van der Waals surface area contributed by atoms with E-state index in [9.17, 15) is 10.2 Å². The van der Waals surface area contributed by atoms with Crippen LogP contribution in [0.25, 0.3) is 0 Å². The van der Waals surface area contributed by atoms with E-state index < -0.39 is 0 Å². The van der Waals surface area contributed by atoms with E-state index in [1.807, 2.05) is 60.7 Å². The van der Waals surface area contributed by atoms with Crippen molar-refractivity contribution in [2.45, 2.75) is 12.1 Å². The zero-order chi connectivity index (χ0) is 28.8. The third kappa shape index (κ3) is 5.05. The van der Waals surface area contributed by atoms with E-state index in [4.69, 9.17) is 42.1 Å². The molecule has 4 aromatic rings. The Labute approximate surface area is 253 Å². The fraction of sp³-hybridized carbons (Fsp3) is 0.250. The maximum atomic E-state index is 11.1. The van der Waals surface area contributed by atoms with Crippen LogP contribution in [0.5, 0.6) is 34.5 Å². The van der Waals surface area contributed by atoms with Gasteiger partial charge in [0.15, 0.2) is 23.0 Å². The number of phenols is 2. The number of aromatic hydroxyl groups is 2. The number of piperazine rings is 1. The lowest BCUT2D eigenvalue weighted by Gasteiger charge is -2.43. The monoisotopic (exact) mass is 606 g/mol. The summed E-state index contributed by atoms with van der Waals surface area (Å²) in [5.41, 5.74) is 3.48. The molecule has 0 saturated carbocycles. The summed E-state index contributed by atoms with van der Waals surface area (Å²) in [6.45, 7) is 3.02. The molecule has 2 N–H and O–H groups in total. The molecule has 3 aliphatic heterocycles. The topological polar surface area (TPSA) is 83.9 Å². The van der Waals surface area contributed by atoms with Crippen molar-refractivity contribution in [1.29, 1.82) is 0 Å². The minimum atomic E-state index is -0.244. The van der Waals surface area contributed by atoms with E-state index in [0.717, 1.165) is 22.3 Å². The molecule has 1 saturated heterocycles. The molecule has 1 fully saturated rings. The van der Waals surface area contributed by atoms with E-state index in [0.29, 0.717) is 59.2 Å². The molecule has 7 rings (SSSR count). The predicted molar refractivity (Wildman–Crippen MR) is 158 cm³/mol. The number of hydrogen-bond acceptors (Lipinski definition) is 8. The molecule has 0 unspecified atom stereocenters. The quantitative estimate of drug-likeness (QED) is 0.262. The molecule has 4 aromatic carbocycles. The van der Waals surface area contributed by atoms with Crippen LogP contribution in [0.1, 0.15) is 34.3 Å². The number of fused-ring (bicyclic) bond motifs is 2. The summed E-state index contributed by atoms with van der Waals surface area (Å²) in [4.78, 5) is 4.69. The second-order valence-corrected chi connectivity index (χ2v) is 11.4. The summed E-state index contributed by atoms with van der Waals surface area (Å²) in [7, 11) is 0. The van der Waals surface area contributed by atoms with E-state index in [-0.39, 0.29) is 37.2 Å². The van der Waals surface area contributed by atoms with Gasteiger partial charge in [0.2, 0.25) is 13.6 Å². The molecule has 0 radical (unpaired) electrons. The van der Waals surface area contributed by atoms with E-state index in [2.05, 4.69) is 9.80 Å². The lowest BCUT2D eigenvalue weighted by atomic mass is 9.93. The van der Waals surface area contributed by atoms with Crippen molar-refractivity contribution in [2.75, 3.05) is 39.8 Å². The molecule has 216 valence electrons. The summed E-state index contributed by atoms with van der Waals surface area (Å²) in [6.07, 6.45) is 0. The summed E-state index contributed by atoms with van der Waals surface area (Å²) < 4.78 is 22.3. The first-order chi connectivity index (χ1) is 20.4. The maximum Gasteiger partial charge on any atom is 0.231 e. The molecule has 42 heavy (non-hydrogen) atoms. The van der Waals surface area contributed by atoms with E-state index in [1.165, 1.54) is 0 Å². The summed E-state index contributed by atoms with van der Waals surface area (Å²) >= 11 is 12.5. The van der Waals surface area contributed by atoms with Crippen LogP contribution >= 0.6 is 23.2 Å². The Bertz CT molecular complexity index is 1490. The lowest BCUT2D eigenvalue weighted by molar-refractivity contribution is 0.0883. The van der Waals surface area contributed by atoms with Gasteiger partial charge in [-0.05, 0) is 47.5 Å². The zero-order valence-corrected chi connectivity index (χ0v) is 24.0. The van der Waals surface area contributed by atoms with Gasteiger partial charge in [0.05, 0.1) is 12.1 Å². The molecule has 3 aliphatic rings. The summed E-state index contributed by atoms with van der Waals surface area (Å²) in [5.74, 6) is 2.58. The van der Waals surface area contributed by atoms with Crippen LogP contribution in [0.2, 0.25) is 10.0 Å². The molecule has 10 heteroatoms. The van der Waals surface area contributed by atoms with Crippen molar-refractivity contribution < 1.29 is 29.2 Å². The predicted octanol–water partition coefficient (Wildman–Crippen LogP) is 6.36. The third-order valence-corrected chi connectivity index (χ3v) is 8.59. The van der Waals surface area contributed by atoms with Gasteiger partial charge in [0.1, 0.15) is 11.5 Å². The van der Waals surface area contributed by atoms with Crippen LogP contribution in [-0.2, 0) is 0 Å².